The fourth-order valence-electron chi connectivity index (χ4n) is 3.14. The molecule has 0 aliphatic carbocycles. The van der Waals surface area contributed by atoms with Crippen LogP contribution < -0.4 is 21.3 Å². The summed E-state index contributed by atoms with van der Waals surface area (Å²) in [6.07, 6.45) is 0.661. The number of Topliss-reactive ketones (excluding diaryl/α,β-unsaturated/α-hetero) is 1. The molecular weight excluding hydrogens is 396 g/mol. The van der Waals surface area contributed by atoms with E-state index in [9.17, 15) is 19.2 Å². The minimum Gasteiger partial charge on any atom is -0.479 e. The number of thiophene rings is 1. The predicted molar refractivity (Wildman–Crippen MR) is 107 cm³/mol. The van der Waals surface area contributed by atoms with E-state index in [-0.39, 0.29) is 28.5 Å². The number of carbonyl (C=O) groups excluding carboxylic acids is 3. The topological polar surface area (TPSA) is 133 Å². The van der Waals surface area contributed by atoms with E-state index in [4.69, 9.17) is 10.5 Å². The van der Waals surface area contributed by atoms with Gasteiger partial charge in [-0.1, -0.05) is 0 Å². The summed E-state index contributed by atoms with van der Waals surface area (Å²) in [5.74, 6) is -0.792. The molecule has 1 atom stereocenters. The Morgan fingerprint density at radius 2 is 2.10 bits per heavy atom. The molecule has 3 N–H and O–H groups in total. The number of carbonyl (C=O) groups is 3. The fraction of sp³-hybridized carbons (Fsp3) is 0.211. The molecule has 0 fully saturated rings. The van der Waals surface area contributed by atoms with Gasteiger partial charge in [-0.05, 0) is 37.6 Å². The minimum absolute atomic E-state index is 0.243. The summed E-state index contributed by atoms with van der Waals surface area (Å²) in [6, 6.07) is 4.69. The standard InChI is InChI=1S/C19H16N4O5S/c1-8-14-18(29-15(8)16(20)25)21-7-23(19(14)27)6-12(24)10-3-4-13-11(5-10)22-17(26)9(2)28-13/h3-5,7,9H,6H2,1-2H3,(H2,20,25)(H,22,26). The quantitative estimate of drug-likeness (QED) is 0.624. The Morgan fingerprint density at radius 3 is 2.83 bits per heavy atom. The molecule has 10 heteroatoms. The minimum atomic E-state index is -0.625. The third-order valence-corrected chi connectivity index (χ3v) is 5.90. The van der Waals surface area contributed by atoms with Gasteiger partial charge in [-0.25, -0.2) is 4.98 Å². The average Bonchev–Trinajstić information content (AvgIpc) is 3.02. The number of hydrogen-bond donors (Lipinski definition) is 2. The van der Waals surface area contributed by atoms with E-state index in [0.29, 0.717) is 27.4 Å². The van der Waals surface area contributed by atoms with Gasteiger partial charge in [-0.15, -0.1) is 11.3 Å². The van der Waals surface area contributed by atoms with Crippen LogP contribution >= 0.6 is 11.3 Å². The number of hydrogen-bond acceptors (Lipinski definition) is 7. The number of nitrogens with zero attached hydrogens (tertiary/aromatic N) is 2. The second-order valence-electron chi connectivity index (χ2n) is 6.66. The zero-order valence-electron chi connectivity index (χ0n) is 15.5. The highest BCUT2D eigenvalue weighted by Crippen LogP contribution is 2.31. The molecule has 2 amide bonds. The Bertz CT molecular complexity index is 1260. The van der Waals surface area contributed by atoms with Gasteiger partial charge in [0.05, 0.1) is 28.8 Å². The summed E-state index contributed by atoms with van der Waals surface area (Å²) in [6.45, 7) is 3.01. The van der Waals surface area contributed by atoms with Gasteiger partial charge in [-0.2, -0.15) is 0 Å². The lowest BCUT2D eigenvalue weighted by molar-refractivity contribution is -0.122. The van der Waals surface area contributed by atoms with Crippen LogP contribution in [-0.4, -0.2) is 33.3 Å². The van der Waals surface area contributed by atoms with Gasteiger partial charge in [-0.3, -0.25) is 23.7 Å². The van der Waals surface area contributed by atoms with Crippen molar-refractivity contribution in [3.8, 4) is 5.75 Å². The van der Waals surface area contributed by atoms with Crippen molar-refractivity contribution < 1.29 is 19.1 Å². The Balaban J connectivity index is 1.66. The van der Waals surface area contributed by atoms with Gasteiger partial charge in [0.1, 0.15) is 10.6 Å². The molecule has 0 saturated carbocycles. The number of ether oxygens (including phenoxy) is 1. The average molecular weight is 412 g/mol. The maximum Gasteiger partial charge on any atom is 0.265 e. The van der Waals surface area contributed by atoms with E-state index in [2.05, 4.69) is 10.3 Å². The zero-order valence-corrected chi connectivity index (χ0v) is 16.3. The summed E-state index contributed by atoms with van der Waals surface area (Å²) in [4.78, 5) is 53.7. The van der Waals surface area contributed by atoms with Crippen LogP contribution in [0.15, 0.2) is 29.3 Å². The first-order chi connectivity index (χ1) is 13.8. The number of aryl methyl sites for hydroxylation is 1. The Labute approximate surface area is 168 Å². The molecule has 148 valence electrons. The van der Waals surface area contributed by atoms with E-state index in [1.807, 2.05) is 0 Å². The van der Waals surface area contributed by atoms with Crippen LogP contribution in [0.5, 0.6) is 5.75 Å². The second-order valence-corrected chi connectivity index (χ2v) is 7.66. The highest BCUT2D eigenvalue weighted by Gasteiger charge is 2.24. The Hall–Kier alpha value is -3.53. The molecule has 9 nitrogen and oxygen atoms in total. The van der Waals surface area contributed by atoms with E-state index in [1.165, 1.54) is 17.0 Å². The van der Waals surface area contributed by atoms with Gasteiger partial charge in [0, 0.05) is 5.56 Å². The number of aromatic nitrogens is 2. The summed E-state index contributed by atoms with van der Waals surface area (Å²) in [5, 5.41) is 2.96. The smallest absolute Gasteiger partial charge is 0.265 e. The number of nitrogens with one attached hydrogen (secondary N) is 1. The van der Waals surface area contributed by atoms with E-state index in [1.54, 1.807) is 26.0 Å². The number of benzene rings is 1. The van der Waals surface area contributed by atoms with Gasteiger partial charge >= 0.3 is 0 Å². The molecule has 3 aromatic rings. The first kappa shape index (κ1) is 18.8. The molecule has 29 heavy (non-hydrogen) atoms. The lowest BCUT2D eigenvalue weighted by atomic mass is 10.1. The van der Waals surface area contributed by atoms with Crippen molar-refractivity contribution in [2.45, 2.75) is 26.5 Å². The first-order valence-electron chi connectivity index (χ1n) is 8.69. The largest absolute Gasteiger partial charge is 0.479 e. The summed E-state index contributed by atoms with van der Waals surface area (Å²) in [7, 11) is 0. The van der Waals surface area contributed by atoms with Crippen LogP contribution in [0.1, 0.15) is 32.5 Å². The number of ketones is 1. The van der Waals surface area contributed by atoms with Crippen molar-refractivity contribution in [2.24, 2.45) is 5.73 Å². The molecule has 0 radical (unpaired) electrons. The van der Waals surface area contributed by atoms with Crippen molar-refractivity contribution >= 4 is 44.8 Å². The molecule has 0 saturated heterocycles. The van der Waals surface area contributed by atoms with E-state index in [0.717, 1.165) is 11.3 Å². The molecule has 0 bridgehead atoms. The summed E-state index contributed by atoms with van der Waals surface area (Å²) >= 11 is 1.05. The van der Waals surface area contributed by atoms with Crippen molar-refractivity contribution in [2.75, 3.05) is 5.32 Å². The Kier molecular flexibility index (Phi) is 4.42. The number of nitrogens with two attached hydrogens (primary N) is 1. The van der Waals surface area contributed by atoms with Gasteiger partial charge in [0.2, 0.25) is 0 Å². The lowest BCUT2D eigenvalue weighted by Gasteiger charge is -2.23. The molecule has 1 aliphatic heterocycles. The number of primary amides is 1. The third-order valence-electron chi connectivity index (χ3n) is 4.69. The maximum atomic E-state index is 12.8. The fourth-order valence-corrected chi connectivity index (χ4v) is 4.13. The first-order valence-corrected chi connectivity index (χ1v) is 9.51. The van der Waals surface area contributed by atoms with Crippen LogP contribution in [0.25, 0.3) is 10.2 Å². The predicted octanol–water partition coefficient (Wildman–Crippen LogP) is 1.47. The van der Waals surface area contributed by atoms with Crippen molar-refractivity contribution in [3.05, 3.63) is 50.9 Å². The van der Waals surface area contributed by atoms with Crippen molar-refractivity contribution in [3.63, 3.8) is 0 Å². The number of fused-ring (bicyclic) bond motifs is 2. The van der Waals surface area contributed by atoms with Crippen LogP contribution in [0.4, 0.5) is 5.69 Å². The van der Waals surface area contributed by atoms with Crippen molar-refractivity contribution in [1.29, 1.82) is 0 Å². The maximum absolute atomic E-state index is 12.8. The SMILES string of the molecule is Cc1c(C(N)=O)sc2ncn(CC(=O)c3ccc4c(c3)NC(=O)C(C)O4)c(=O)c12. The molecule has 0 spiro atoms. The molecule has 3 heterocycles. The summed E-state index contributed by atoms with van der Waals surface area (Å²) in [5.41, 5.74) is 6.09. The summed E-state index contributed by atoms with van der Waals surface area (Å²) < 4.78 is 6.66. The van der Waals surface area contributed by atoms with Gasteiger partial charge in [0.25, 0.3) is 17.4 Å². The van der Waals surface area contributed by atoms with Gasteiger partial charge < -0.3 is 15.8 Å². The van der Waals surface area contributed by atoms with Crippen LogP contribution in [0.3, 0.4) is 0 Å². The molecular formula is C19H16N4O5S. The zero-order chi connectivity index (χ0) is 20.9. The van der Waals surface area contributed by atoms with Crippen LogP contribution in [-0.2, 0) is 11.3 Å². The highest BCUT2D eigenvalue weighted by atomic mass is 32.1. The third kappa shape index (κ3) is 3.17. The molecule has 1 unspecified atom stereocenters. The van der Waals surface area contributed by atoms with Crippen molar-refractivity contribution in [1.82, 2.24) is 9.55 Å². The number of rotatable bonds is 4. The van der Waals surface area contributed by atoms with Crippen LogP contribution in [0, 0.1) is 6.92 Å². The second kappa shape index (κ2) is 6.82. The molecule has 1 aliphatic rings. The highest BCUT2D eigenvalue weighted by molar-refractivity contribution is 7.20. The number of amides is 2. The number of anilines is 1. The lowest BCUT2D eigenvalue weighted by Crippen LogP contribution is -2.34. The van der Waals surface area contributed by atoms with Crippen LogP contribution in [0.2, 0.25) is 0 Å². The molecule has 2 aromatic heterocycles. The van der Waals surface area contributed by atoms with E-state index < -0.39 is 17.6 Å². The Morgan fingerprint density at radius 1 is 1.34 bits per heavy atom. The monoisotopic (exact) mass is 412 g/mol. The normalized spacial score (nSPS) is 15.5. The molecule has 1 aromatic carbocycles. The molecule has 4 rings (SSSR count). The van der Waals surface area contributed by atoms with E-state index >= 15 is 0 Å². The van der Waals surface area contributed by atoms with Gasteiger partial charge in [0.15, 0.2) is 11.9 Å².